The van der Waals surface area contributed by atoms with Crippen molar-refractivity contribution in [3.63, 3.8) is 0 Å². The number of thiophene rings is 1. The largest absolute Gasteiger partial charge is 0.490 e. The second-order valence-corrected chi connectivity index (χ2v) is 5.68. The zero-order chi connectivity index (χ0) is 14.4. The van der Waals surface area contributed by atoms with E-state index >= 15 is 0 Å². The fourth-order valence-corrected chi connectivity index (χ4v) is 2.78. The predicted octanol–water partition coefficient (Wildman–Crippen LogP) is 3.75. The van der Waals surface area contributed by atoms with Crippen molar-refractivity contribution in [1.29, 1.82) is 0 Å². The van der Waals surface area contributed by atoms with Gasteiger partial charge in [0, 0.05) is 16.3 Å². The molecular formula is C16H21NO2S. The maximum atomic E-state index is 5.88. The topological polar surface area (TPSA) is 44.5 Å². The van der Waals surface area contributed by atoms with Crippen molar-refractivity contribution in [2.24, 2.45) is 5.73 Å². The molecule has 108 valence electrons. The van der Waals surface area contributed by atoms with E-state index in [1.165, 1.54) is 9.75 Å². The van der Waals surface area contributed by atoms with Crippen molar-refractivity contribution in [3.8, 4) is 11.5 Å². The average Bonchev–Trinajstić information content (AvgIpc) is 2.94. The lowest BCUT2D eigenvalue weighted by Crippen LogP contribution is -2.01. The summed E-state index contributed by atoms with van der Waals surface area (Å²) in [7, 11) is 0. The Balaban J connectivity index is 2.07. The molecule has 1 aromatic carbocycles. The van der Waals surface area contributed by atoms with Gasteiger partial charge < -0.3 is 15.2 Å². The summed E-state index contributed by atoms with van der Waals surface area (Å²) in [5.74, 6) is 1.54. The van der Waals surface area contributed by atoms with Crippen LogP contribution in [0.25, 0.3) is 0 Å². The molecule has 0 amide bonds. The molecule has 0 fully saturated rings. The highest BCUT2D eigenvalue weighted by Crippen LogP contribution is 2.30. The third kappa shape index (κ3) is 3.74. The second-order valence-electron chi connectivity index (χ2n) is 4.43. The first kappa shape index (κ1) is 14.9. The minimum atomic E-state index is 0.505. The zero-order valence-corrected chi connectivity index (χ0v) is 12.8. The van der Waals surface area contributed by atoms with Gasteiger partial charge in [-0.25, -0.2) is 0 Å². The summed E-state index contributed by atoms with van der Waals surface area (Å²) in [6.45, 7) is 5.82. The smallest absolute Gasteiger partial charge is 0.161 e. The van der Waals surface area contributed by atoms with E-state index in [4.69, 9.17) is 15.2 Å². The summed E-state index contributed by atoms with van der Waals surface area (Å²) in [6.07, 6.45) is 1.07. The van der Waals surface area contributed by atoms with E-state index in [1.807, 2.05) is 25.1 Å². The van der Waals surface area contributed by atoms with Crippen LogP contribution in [0.3, 0.4) is 0 Å². The summed E-state index contributed by atoms with van der Waals surface area (Å²) in [6, 6.07) is 10.1. The van der Waals surface area contributed by atoms with Gasteiger partial charge in [0.1, 0.15) is 6.61 Å². The first-order valence-electron chi connectivity index (χ1n) is 6.93. The van der Waals surface area contributed by atoms with Gasteiger partial charge in [0.15, 0.2) is 11.5 Å². The Hall–Kier alpha value is -1.52. The summed E-state index contributed by atoms with van der Waals surface area (Å²) in [5, 5.41) is 0. The van der Waals surface area contributed by atoms with Crippen LogP contribution in [0.15, 0.2) is 30.3 Å². The number of rotatable bonds is 7. The molecule has 20 heavy (non-hydrogen) atoms. The second kappa shape index (κ2) is 7.31. The Bertz CT molecular complexity index is 551. The van der Waals surface area contributed by atoms with E-state index in [9.17, 15) is 0 Å². The van der Waals surface area contributed by atoms with Crippen LogP contribution in [0.2, 0.25) is 0 Å². The molecule has 0 aliphatic heterocycles. The minimum absolute atomic E-state index is 0.505. The number of nitrogens with two attached hydrogens (primary N) is 1. The average molecular weight is 291 g/mol. The van der Waals surface area contributed by atoms with Crippen LogP contribution in [-0.2, 0) is 19.6 Å². The molecule has 0 aliphatic rings. The summed E-state index contributed by atoms with van der Waals surface area (Å²) >= 11 is 1.79. The molecular weight excluding hydrogens is 270 g/mol. The number of hydrogen-bond donors (Lipinski definition) is 1. The van der Waals surface area contributed by atoms with Gasteiger partial charge in [-0.2, -0.15) is 0 Å². The van der Waals surface area contributed by atoms with Gasteiger partial charge in [-0.15, -0.1) is 11.3 Å². The van der Waals surface area contributed by atoms with Crippen LogP contribution in [0.1, 0.15) is 29.2 Å². The number of benzene rings is 1. The van der Waals surface area contributed by atoms with E-state index < -0.39 is 0 Å². The summed E-state index contributed by atoms with van der Waals surface area (Å²) < 4.78 is 11.5. The van der Waals surface area contributed by atoms with Crippen LogP contribution in [0, 0.1) is 0 Å². The molecule has 2 rings (SSSR count). The van der Waals surface area contributed by atoms with Crippen molar-refractivity contribution >= 4 is 11.3 Å². The molecule has 0 radical (unpaired) electrons. The third-order valence-corrected chi connectivity index (χ3v) is 4.18. The SMILES string of the molecule is CCOc1cc(CN)ccc1OCc1ccc(CC)s1. The maximum Gasteiger partial charge on any atom is 0.161 e. The van der Waals surface area contributed by atoms with Gasteiger partial charge in [-0.3, -0.25) is 0 Å². The van der Waals surface area contributed by atoms with Gasteiger partial charge in [-0.1, -0.05) is 13.0 Å². The van der Waals surface area contributed by atoms with E-state index in [2.05, 4.69) is 19.1 Å². The zero-order valence-electron chi connectivity index (χ0n) is 12.0. The lowest BCUT2D eigenvalue weighted by molar-refractivity contribution is 0.271. The van der Waals surface area contributed by atoms with Gasteiger partial charge in [0.2, 0.25) is 0 Å². The summed E-state index contributed by atoms with van der Waals surface area (Å²) in [5.41, 5.74) is 6.70. The number of ether oxygens (including phenoxy) is 2. The van der Waals surface area contributed by atoms with Gasteiger partial charge >= 0.3 is 0 Å². The third-order valence-electron chi connectivity index (χ3n) is 2.98. The molecule has 1 aromatic heterocycles. The number of aryl methyl sites for hydroxylation is 1. The number of hydrogen-bond acceptors (Lipinski definition) is 4. The van der Waals surface area contributed by atoms with Crippen LogP contribution in [-0.4, -0.2) is 6.61 Å². The first-order chi connectivity index (χ1) is 9.76. The maximum absolute atomic E-state index is 5.88. The van der Waals surface area contributed by atoms with E-state index in [0.717, 1.165) is 23.5 Å². The molecule has 0 spiro atoms. The van der Waals surface area contributed by atoms with Crippen LogP contribution in [0.5, 0.6) is 11.5 Å². The van der Waals surface area contributed by atoms with Crippen molar-refractivity contribution in [2.45, 2.75) is 33.4 Å². The molecule has 0 aliphatic carbocycles. The molecule has 0 bridgehead atoms. The van der Waals surface area contributed by atoms with Crippen LogP contribution < -0.4 is 15.2 Å². The fraction of sp³-hybridized carbons (Fsp3) is 0.375. The van der Waals surface area contributed by atoms with Crippen molar-refractivity contribution in [3.05, 3.63) is 45.6 Å². The monoisotopic (exact) mass is 291 g/mol. The molecule has 0 saturated carbocycles. The van der Waals surface area contributed by atoms with Crippen molar-refractivity contribution < 1.29 is 9.47 Å². The van der Waals surface area contributed by atoms with Crippen LogP contribution in [0.4, 0.5) is 0 Å². The normalized spacial score (nSPS) is 10.6. The highest BCUT2D eigenvalue weighted by atomic mass is 32.1. The van der Waals surface area contributed by atoms with Gasteiger partial charge in [-0.05, 0) is 43.2 Å². The molecule has 0 saturated heterocycles. The summed E-state index contributed by atoms with van der Waals surface area (Å²) in [4.78, 5) is 2.61. The highest BCUT2D eigenvalue weighted by Gasteiger charge is 2.07. The first-order valence-corrected chi connectivity index (χ1v) is 7.74. The molecule has 3 nitrogen and oxygen atoms in total. The van der Waals surface area contributed by atoms with E-state index in [-0.39, 0.29) is 0 Å². The Labute approximate surface area is 124 Å². The fourth-order valence-electron chi connectivity index (χ4n) is 1.91. The van der Waals surface area contributed by atoms with E-state index in [0.29, 0.717) is 19.8 Å². The Morgan fingerprint density at radius 3 is 2.45 bits per heavy atom. The van der Waals surface area contributed by atoms with Gasteiger partial charge in [0.25, 0.3) is 0 Å². The van der Waals surface area contributed by atoms with E-state index in [1.54, 1.807) is 11.3 Å². The molecule has 0 unspecified atom stereocenters. The molecule has 1 heterocycles. The minimum Gasteiger partial charge on any atom is -0.490 e. The molecule has 2 aromatic rings. The lowest BCUT2D eigenvalue weighted by Gasteiger charge is -2.12. The predicted molar refractivity (Wildman–Crippen MR) is 83.5 cm³/mol. The van der Waals surface area contributed by atoms with Crippen molar-refractivity contribution in [2.75, 3.05) is 6.61 Å². The van der Waals surface area contributed by atoms with Crippen LogP contribution >= 0.6 is 11.3 Å². The quantitative estimate of drug-likeness (QED) is 0.845. The Morgan fingerprint density at radius 1 is 1.00 bits per heavy atom. The Kier molecular flexibility index (Phi) is 5.44. The highest BCUT2D eigenvalue weighted by molar-refractivity contribution is 7.11. The Morgan fingerprint density at radius 2 is 1.80 bits per heavy atom. The van der Waals surface area contributed by atoms with Gasteiger partial charge in [0.05, 0.1) is 6.61 Å². The standard InChI is InChI=1S/C16H21NO2S/c1-3-13-6-7-14(20-13)11-19-15-8-5-12(10-17)9-16(15)18-4-2/h5-9H,3-4,10-11,17H2,1-2H3. The molecule has 0 atom stereocenters. The molecule has 4 heteroatoms. The molecule has 2 N–H and O–H groups in total. The lowest BCUT2D eigenvalue weighted by atomic mass is 10.2. The van der Waals surface area contributed by atoms with Crippen molar-refractivity contribution in [1.82, 2.24) is 0 Å².